The first-order valence-corrected chi connectivity index (χ1v) is 5.47. The van der Waals surface area contributed by atoms with E-state index in [-0.39, 0.29) is 26.1 Å². The Labute approximate surface area is 90.6 Å². The molecular weight excluding hydrogens is 202 g/mol. The van der Waals surface area contributed by atoms with E-state index in [1.165, 1.54) is 7.11 Å². The molecule has 0 aromatic rings. The lowest BCUT2D eigenvalue weighted by molar-refractivity contribution is -0.159. The maximum absolute atomic E-state index is 13.9. The summed E-state index contributed by atoms with van der Waals surface area (Å²) in [4.78, 5) is 0. The van der Waals surface area contributed by atoms with Crippen LogP contribution in [0.4, 0.5) is 8.78 Å². The normalized spacial score (nSPS) is 13.2. The maximum Gasteiger partial charge on any atom is 0.255 e. The first-order valence-electron chi connectivity index (χ1n) is 5.47. The van der Waals surface area contributed by atoms with Crippen LogP contribution in [0.2, 0.25) is 0 Å². The van der Waals surface area contributed by atoms with Crippen molar-refractivity contribution in [3.63, 3.8) is 0 Å². The molecular formula is C11H22F2O2. The highest BCUT2D eigenvalue weighted by Gasteiger charge is 2.50. The van der Waals surface area contributed by atoms with Gasteiger partial charge in [0.05, 0.1) is 12.0 Å². The third-order valence-corrected chi connectivity index (χ3v) is 3.20. The molecule has 0 aromatic heterocycles. The fourth-order valence-electron chi connectivity index (χ4n) is 1.92. The lowest BCUT2D eigenvalue weighted by Gasteiger charge is -2.38. The quantitative estimate of drug-likeness (QED) is 0.687. The second-order valence-electron chi connectivity index (χ2n) is 3.95. The van der Waals surface area contributed by atoms with Crippen molar-refractivity contribution in [3.8, 4) is 0 Å². The number of alkyl halides is 2. The predicted molar refractivity (Wildman–Crippen MR) is 56.2 cm³/mol. The topological polar surface area (TPSA) is 29.5 Å². The molecule has 0 heterocycles. The minimum Gasteiger partial charge on any atom is -0.396 e. The van der Waals surface area contributed by atoms with Crippen LogP contribution in [0.15, 0.2) is 0 Å². The van der Waals surface area contributed by atoms with E-state index in [0.717, 1.165) is 0 Å². The van der Waals surface area contributed by atoms with Crippen LogP contribution >= 0.6 is 0 Å². The Balaban J connectivity index is 4.69. The van der Waals surface area contributed by atoms with Gasteiger partial charge in [0, 0.05) is 20.1 Å². The van der Waals surface area contributed by atoms with Crippen molar-refractivity contribution in [2.75, 3.05) is 20.3 Å². The number of halogens is 2. The molecule has 0 aromatic carbocycles. The Bertz CT molecular complexity index is 168. The number of hydrogen-bond acceptors (Lipinski definition) is 2. The van der Waals surface area contributed by atoms with Crippen LogP contribution in [0.3, 0.4) is 0 Å². The van der Waals surface area contributed by atoms with Crippen LogP contribution in [0.1, 0.15) is 39.5 Å². The third kappa shape index (κ3) is 3.38. The van der Waals surface area contributed by atoms with E-state index < -0.39 is 11.3 Å². The van der Waals surface area contributed by atoms with Crippen LogP contribution in [-0.2, 0) is 4.74 Å². The predicted octanol–water partition coefficient (Wildman–Crippen LogP) is 2.85. The highest BCUT2D eigenvalue weighted by Crippen LogP contribution is 2.45. The molecule has 0 aliphatic heterocycles. The summed E-state index contributed by atoms with van der Waals surface area (Å²) < 4.78 is 32.8. The summed E-state index contributed by atoms with van der Waals surface area (Å²) in [5.74, 6) is -2.77. The van der Waals surface area contributed by atoms with Gasteiger partial charge in [0.25, 0.3) is 5.92 Å². The van der Waals surface area contributed by atoms with Crippen molar-refractivity contribution >= 4 is 0 Å². The number of aliphatic hydroxyl groups excluding tert-OH is 1. The van der Waals surface area contributed by atoms with E-state index in [4.69, 9.17) is 9.84 Å². The van der Waals surface area contributed by atoms with Crippen LogP contribution < -0.4 is 0 Å². The lowest BCUT2D eigenvalue weighted by atomic mass is 9.75. The molecule has 0 saturated heterocycles. The van der Waals surface area contributed by atoms with Crippen molar-refractivity contribution < 1.29 is 18.6 Å². The van der Waals surface area contributed by atoms with Gasteiger partial charge in [0.1, 0.15) is 0 Å². The van der Waals surface area contributed by atoms with E-state index in [1.807, 2.05) is 0 Å². The Kier molecular flexibility index (Phi) is 6.29. The molecule has 0 bridgehead atoms. The second-order valence-corrected chi connectivity index (χ2v) is 3.95. The highest BCUT2D eigenvalue weighted by atomic mass is 19.3. The average molecular weight is 224 g/mol. The Morgan fingerprint density at radius 2 is 1.73 bits per heavy atom. The zero-order chi connectivity index (χ0) is 11.9. The molecule has 0 fully saturated rings. The molecule has 0 aliphatic rings. The van der Waals surface area contributed by atoms with Gasteiger partial charge in [-0.15, -0.1) is 0 Å². The molecule has 0 aliphatic carbocycles. The minimum atomic E-state index is -2.77. The summed E-state index contributed by atoms with van der Waals surface area (Å²) >= 11 is 0. The molecule has 0 rings (SSSR count). The fourth-order valence-corrected chi connectivity index (χ4v) is 1.92. The Morgan fingerprint density at radius 3 is 2.07 bits per heavy atom. The van der Waals surface area contributed by atoms with Gasteiger partial charge >= 0.3 is 0 Å². The number of rotatable bonds is 8. The molecule has 0 spiro atoms. The van der Waals surface area contributed by atoms with E-state index in [1.54, 1.807) is 13.8 Å². The second kappa shape index (κ2) is 6.38. The summed E-state index contributed by atoms with van der Waals surface area (Å²) in [6.45, 7) is 3.40. The smallest absolute Gasteiger partial charge is 0.255 e. The van der Waals surface area contributed by atoms with E-state index >= 15 is 0 Å². The molecule has 1 N–H and O–H groups in total. The van der Waals surface area contributed by atoms with Crippen LogP contribution in [0.25, 0.3) is 0 Å². The lowest BCUT2D eigenvalue weighted by Crippen LogP contribution is -2.44. The number of aliphatic hydroxyl groups is 1. The van der Waals surface area contributed by atoms with Gasteiger partial charge in [-0.2, -0.15) is 0 Å². The highest BCUT2D eigenvalue weighted by molar-refractivity contribution is 4.90. The summed E-state index contributed by atoms with van der Waals surface area (Å²) in [7, 11) is 1.45. The van der Waals surface area contributed by atoms with Crippen LogP contribution in [-0.4, -0.2) is 31.4 Å². The van der Waals surface area contributed by atoms with Gasteiger partial charge in [-0.05, 0) is 19.3 Å². The third-order valence-electron chi connectivity index (χ3n) is 3.20. The minimum absolute atomic E-state index is 0.0679. The standard InChI is InChI=1S/C11H22F2O2/c1-4-10(5-2,9-15-3)11(12,13)7-6-8-14/h14H,4-9H2,1-3H3. The van der Waals surface area contributed by atoms with Crippen molar-refractivity contribution in [1.82, 2.24) is 0 Å². The fraction of sp³-hybridized carbons (Fsp3) is 1.00. The number of ether oxygens (including phenoxy) is 1. The molecule has 4 heteroatoms. The van der Waals surface area contributed by atoms with Gasteiger partial charge in [0.15, 0.2) is 0 Å². The zero-order valence-electron chi connectivity index (χ0n) is 9.85. The summed E-state index contributed by atoms with van der Waals surface area (Å²) in [5.41, 5.74) is -1.09. The SMILES string of the molecule is CCC(CC)(COC)C(F)(F)CCCO. The summed E-state index contributed by atoms with van der Waals surface area (Å²) in [6.07, 6.45) is 0.637. The summed E-state index contributed by atoms with van der Waals surface area (Å²) in [6, 6.07) is 0. The molecule has 92 valence electrons. The first-order chi connectivity index (χ1) is 6.99. The molecule has 2 nitrogen and oxygen atoms in total. The van der Waals surface area contributed by atoms with E-state index in [9.17, 15) is 8.78 Å². The van der Waals surface area contributed by atoms with Gasteiger partial charge in [-0.25, -0.2) is 8.78 Å². The van der Waals surface area contributed by atoms with E-state index in [2.05, 4.69) is 0 Å². The van der Waals surface area contributed by atoms with Crippen molar-refractivity contribution in [1.29, 1.82) is 0 Å². The molecule has 0 unspecified atom stereocenters. The maximum atomic E-state index is 13.9. The molecule has 0 amide bonds. The Hall–Kier alpha value is -0.220. The Morgan fingerprint density at radius 1 is 1.20 bits per heavy atom. The molecule has 15 heavy (non-hydrogen) atoms. The van der Waals surface area contributed by atoms with Crippen molar-refractivity contribution in [3.05, 3.63) is 0 Å². The van der Waals surface area contributed by atoms with Gasteiger partial charge < -0.3 is 9.84 Å². The summed E-state index contributed by atoms with van der Waals surface area (Å²) in [5, 5.41) is 8.61. The van der Waals surface area contributed by atoms with Gasteiger partial charge in [0.2, 0.25) is 0 Å². The first kappa shape index (κ1) is 14.8. The molecule has 0 saturated carbocycles. The number of methoxy groups -OCH3 is 1. The van der Waals surface area contributed by atoms with Gasteiger partial charge in [-0.1, -0.05) is 13.8 Å². The van der Waals surface area contributed by atoms with Crippen LogP contribution in [0.5, 0.6) is 0 Å². The molecule has 0 radical (unpaired) electrons. The molecule has 0 atom stereocenters. The monoisotopic (exact) mass is 224 g/mol. The average Bonchev–Trinajstić information content (AvgIpc) is 2.23. The number of hydrogen-bond donors (Lipinski definition) is 1. The van der Waals surface area contributed by atoms with Crippen molar-refractivity contribution in [2.45, 2.75) is 45.5 Å². The zero-order valence-corrected chi connectivity index (χ0v) is 9.85. The van der Waals surface area contributed by atoms with Crippen LogP contribution in [0, 0.1) is 5.41 Å². The largest absolute Gasteiger partial charge is 0.396 e. The van der Waals surface area contributed by atoms with E-state index in [0.29, 0.717) is 12.8 Å². The van der Waals surface area contributed by atoms with Crippen molar-refractivity contribution in [2.24, 2.45) is 5.41 Å². The van der Waals surface area contributed by atoms with Gasteiger partial charge in [-0.3, -0.25) is 0 Å².